The second kappa shape index (κ2) is 9.30. The molecule has 170 valence electrons. The van der Waals surface area contributed by atoms with Crippen LogP contribution in [0.3, 0.4) is 0 Å². The fraction of sp³-hybridized carbons (Fsp3) is 0.391. The van der Waals surface area contributed by atoms with E-state index in [1.54, 1.807) is 35.2 Å². The number of carbonyl (C=O) groups is 2. The molecule has 2 aromatic carbocycles. The van der Waals surface area contributed by atoms with Crippen molar-refractivity contribution in [2.75, 3.05) is 29.9 Å². The molecule has 0 aromatic heterocycles. The third kappa shape index (κ3) is 4.94. The van der Waals surface area contributed by atoms with Crippen LogP contribution >= 0.6 is 0 Å². The molecule has 2 aliphatic rings. The molecule has 4 rings (SSSR count). The van der Waals surface area contributed by atoms with E-state index >= 15 is 0 Å². The second-order valence-corrected chi connectivity index (χ2v) is 9.70. The summed E-state index contributed by atoms with van der Waals surface area (Å²) in [5.41, 5.74) is 2.20. The van der Waals surface area contributed by atoms with Gasteiger partial charge in [-0.3, -0.25) is 9.59 Å². The first-order valence-electron chi connectivity index (χ1n) is 10.8. The van der Waals surface area contributed by atoms with Crippen molar-refractivity contribution in [3.8, 4) is 5.75 Å². The van der Waals surface area contributed by atoms with E-state index in [4.69, 9.17) is 4.74 Å². The van der Waals surface area contributed by atoms with Gasteiger partial charge in [0.15, 0.2) is 0 Å². The van der Waals surface area contributed by atoms with Crippen molar-refractivity contribution in [2.24, 2.45) is 5.92 Å². The number of anilines is 2. The van der Waals surface area contributed by atoms with Crippen LogP contribution in [0.4, 0.5) is 11.4 Å². The van der Waals surface area contributed by atoms with Crippen molar-refractivity contribution in [1.29, 1.82) is 0 Å². The average Bonchev–Trinajstić information content (AvgIpc) is 3.53. The molecule has 8 nitrogen and oxygen atoms in total. The highest BCUT2D eigenvalue weighted by Crippen LogP contribution is 2.37. The number of nitrogens with one attached hydrogen (secondary N) is 2. The number of amides is 2. The van der Waals surface area contributed by atoms with Gasteiger partial charge in [-0.2, -0.15) is 0 Å². The number of hydrogen-bond acceptors (Lipinski definition) is 5. The van der Waals surface area contributed by atoms with Crippen LogP contribution in [0.15, 0.2) is 47.4 Å². The Labute approximate surface area is 188 Å². The number of ether oxygens (including phenoxy) is 1. The number of rotatable bonds is 9. The molecular formula is C23H27N3O5S. The van der Waals surface area contributed by atoms with Gasteiger partial charge in [0.05, 0.1) is 17.2 Å². The first-order chi connectivity index (χ1) is 15.4. The van der Waals surface area contributed by atoms with Gasteiger partial charge in [-0.05, 0) is 62.1 Å². The molecule has 2 amide bonds. The summed E-state index contributed by atoms with van der Waals surface area (Å²) in [5, 5.41) is 2.75. The average molecular weight is 458 g/mol. The number of nitrogens with zero attached hydrogens (tertiary/aromatic N) is 1. The number of fused-ring (bicyclic) bond motifs is 1. The van der Waals surface area contributed by atoms with Crippen molar-refractivity contribution >= 4 is 33.2 Å². The SMILES string of the molecule is CCOc1ccccc1NC(=O)CCNS(=O)(=O)c1ccc2c(c1)CCN2C(=O)C1CC1. The van der Waals surface area contributed by atoms with Gasteiger partial charge in [0.1, 0.15) is 5.75 Å². The molecule has 1 aliphatic carbocycles. The molecule has 2 N–H and O–H groups in total. The van der Waals surface area contributed by atoms with Gasteiger partial charge in [-0.15, -0.1) is 0 Å². The molecule has 0 atom stereocenters. The standard InChI is InChI=1S/C23H27N3O5S/c1-2-31-21-6-4-3-5-19(21)25-22(27)11-13-24-32(29,30)18-9-10-20-17(15-18)12-14-26(20)23(28)16-7-8-16/h3-6,9-10,15-16,24H,2,7-8,11-14H2,1H3,(H,25,27). The van der Waals surface area contributed by atoms with Crippen molar-refractivity contribution in [1.82, 2.24) is 4.72 Å². The molecule has 1 aliphatic heterocycles. The Morgan fingerprint density at radius 3 is 2.69 bits per heavy atom. The highest BCUT2D eigenvalue weighted by Gasteiger charge is 2.36. The highest BCUT2D eigenvalue weighted by molar-refractivity contribution is 7.89. The van der Waals surface area contributed by atoms with E-state index in [9.17, 15) is 18.0 Å². The van der Waals surface area contributed by atoms with Crippen LogP contribution in [0.1, 0.15) is 31.7 Å². The normalized spacial score (nSPS) is 15.3. The zero-order valence-corrected chi connectivity index (χ0v) is 18.8. The van der Waals surface area contributed by atoms with Crippen LogP contribution in [0.5, 0.6) is 5.75 Å². The monoisotopic (exact) mass is 457 g/mol. The lowest BCUT2D eigenvalue weighted by atomic mass is 10.2. The van der Waals surface area contributed by atoms with E-state index < -0.39 is 10.0 Å². The molecule has 0 saturated heterocycles. The molecule has 1 heterocycles. The lowest BCUT2D eigenvalue weighted by Gasteiger charge is -2.17. The van der Waals surface area contributed by atoms with Crippen LogP contribution in [0.25, 0.3) is 0 Å². The molecule has 1 fully saturated rings. The summed E-state index contributed by atoms with van der Waals surface area (Å²) in [7, 11) is -3.77. The summed E-state index contributed by atoms with van der Waals surface area (Å²) in [4.78, 5) is 26.6. The van der Waals surface area contributed by atoms with E-state index in [-0.39, 0.29) is 35.6 Å². The molecule has 0 radical (unpaired) electrons. The van der Waals surface area contributed by atoms with E-state index in [1.165, 1.54) is 6.07 Å². The van der Waals surface area contributed by atoms with Crippen LogP contribution in [-0.2, 0) is 26.0 Å². The zero-order chi connectivity index (χ0) is 22.7. The van der Waals surface area contributed by atoms with Crippen LogP contribution in [0, 0.1) is 5.92 Å². The van der Waals surface area contributed by atoms with Crippen LogP contribution < -0.4 is 19.7 Å². The van der Waals surface area contributed by atoms with Crippen molar-refractivity contribution in [3.63, 3.8) is 0 Å². The Morgan fingerprint density at radius 1 is 1.16 bits per heavy atom. The minimum Gasteiger partial charge on any atom is -0.492 e. The van der Waals surface area contributed by atoms with Gasteiger partial charge in [0.25, 0.3) is 0 Å². The zero-order valence-electron chi connectivity index (χ0n) is 18.0. The Balaban J connectivity index is 1.34. The van der Waals surface area contributed by atoms with Crippen molar-refractivity contribution in [2.45, 2.75) is 37.5 Å². The Morgan fingerprint density at radius 2 is 1.94 bits per heavy atom. The first-order valence-corrected chi connectivity index (χ1v) is 12.3. The van der Waals surface area contributed by atoms with E-state index in [0.29, 0.717) is 31.0 Å². The fourth-order valence-corrected chi connectivity index (χ4v) is 4.85. The molecule has 32 heavy (non-hydrogen) atoms. The number of hydrogen-bond donors (Lipinski definition) is 2. The maximum Gasteiger partial charge on any atom is 0.240 e. The molecule has 2 aromatic rings. The number of benzene rings is 2. The van der Waals surface area contributed by atoms with E-state index in [0.717, 1.165) is 24.1 Å². The summed E-state index contributed by atoms with van der Waals surface area (Å²) in [6, 6.07) is 11.9. The van der Waals surface area contributed by atoms with Crippen LogP contribution in [-0.4, -0.2) is 39.9 Å². The summed E-state index contributed by atoms with van der Waals surface area (Å²) < 4.78 is 33.4. The van der Waals surface area contributed by atoms with Gasteiger partial charge < -0.3 is 15.0 Å². The van der Waals surface area contributed by atoms with Gasteiger partial charge in [-0.1, -0.05) is 12.1 Å². The summed E-state index contributed by atoms with van der Waals surface area (Å²) in [6.45, 7) is 2.88. The summed E-state index contributed by atoms with van der Waals surface area (Å²) in [6.07, 6.45) is 2.49. The van der Waals surface area contributed by atoms with Crippen molar-refractivity contribution in [3.05, 3.63) is 48.0 Å². The molecule has 0 unspecified atom stereocenters. The Kier molecular flexibility index (Phi) is 6.48. The third-order valence-corrected chi connectivity index (χ3v) is 7.01. The van der Waals surface area contributed by atoms with Gasteiger partial charge >= 0.3 is 0 Å². The number of carbonyl (C=O) groups excluding carboxylic acids is 2. The minimum absolute atomic E-state index is 0.0195. The minimum atomic E-state index is -3.77. The molecule has 0 spiro atoms. The Hall–Kier alpha value is -2.91. The second-order valence-electron chi connectivity index (χ2n) is 7.93. The predicted octanol–water partition coefficient (Wildman–Crippen LogP) is 2.69. The first kappa shape index (κ1) is 22.3. The maximum absolute atomic E-state index is 12.7. The summed E-state index contributed by atoms with van der Waals surface area (Å²) >= 11 is 0. The molecule has 0 bridgehead atoms. The van der Waals surface area contributed by atoms with Gasteiger partial charge in [-0.25, -0.2) is 13.1 Å². The Bertz CT molecular complexity index is 1130. The smallest absolute Gasteiger partial charge is 0.240 e. The summed E-state index contributed by atoms with van der Waals surface area (Å²) in [5.74, 6) is 0.506. The molecular weight excluding hydrogens is 430 g/mol. The lowest BCUT2D eigenvalue weighted by Crippen LogP contribution is -2.30. The number of para-hydroxylation sites is 2. The van der Waals surface area contributed by atoms with Gasteiger partial charge in [0.2, 0.25) is 21.8 Å². The largest absolute Gasteiger partial charge is 0.492 e. The molecule has 9 heteroatoms. The highest BCUT2D eigenvalue weighted by atomic mass is 32.2. The fourth-order valence-electron chi connectivity index (χ4n) is 3.77. The van der Waals surface area contributed by atoms with Crippen molar-refractivity contribution < 1.29 is 22.7 Å². The molecule has 1 saturated carbocycles. The predicted molar refractivity (Wildman–Crippen MR) is 121 cm³/mol. The van der Waals surface area contributed by atoms with Crippen LogP contribution in [0.2, 0.25) is 0 Å². The van der Waals surface area contributed by atoms with Gasteiger partial charge in [0, 0.05) is 31.1 Å². The number of sulfonamides is 1. The maximum atomic E-state index is 12.7. The lowest BCUT2D eigenvalue weighted by molar-refractivity contribution is -0.119. The third-order valence-electron chi connectivity index (χ3n) is 5.55. The van der Waals surface area contributed by atoms with E-state index in [2.05, 4.69) is 10.0 Å². The topological polar surface area (TPSA) is 105 Å². The van der Waals surface area contributed by atoms with E-state index in [1.807, 2.05) is 13.0 Å². The quantitative estimate of drug-likeness (QED) is 0.602.